The van der Waals surface area contributed by atoms with Crippen LogP contribution < -0.4 is 15.2 Å². The van der Waals surface area contributed by atoms with E-state index in [0.717, 1.165) is 0 Å². The van der Waals surface area contributed by atoms with Gasteiger partial charge in [-0.1, -0.05) is 19.9 Å². The van der Waals surface area contributed by atoms with Gasteiger partial charge in [0.1, 0.15) is 36.1 Å². The maximum absolute atomic E-state index is 12.5. The molecule has 0 aromatic heterocycles. The number of esters is 1. The SMILES string of the molecule is CC(C)C(C)OC(=O)O[C@@H](C)COC(=O)[C@@H](N)Cc1ccc(OC(=O)OC(C)(C)C)c(OC(=O)OC(C)(C)C)c1. The Bertz CT molecular complexity index is 1020. The first-order valence-electron chi connectivity index (χ1n) is 13.0. The molecule has 0 saturated carbocycles. The Kier molecular flexibility index (Phi) is 12.7. The third-order valence-electron chi connectivity index (χ3n) is 4.91. The molecule has 0 amide bonds. The minimum Gasteiger partial charge on any atom is -0.461 e. The van der Waals surface area contributed by atoms with Crippen molar-refractivity contribution in [2.24, 2.45) is 11.7 Å². The van der Waals surface area contributed by atoms with Crippen LogP contribution in [0.5, 0.6) is 11.5 Å². The Morgan fingerprint density at radius 3 is 1.80 bits per heavy atom. The summed E-state index contributed by atoms with van der Waals surface area (Å²) in [6.07, 6.45) is -4.01. The highest BCUT2D eigenvalue weighted by atomic mass is 16.8. The topological polar surface area (TPSA) is 159 Å². The smallest absolute Gasteiger partial charge is 0.461 e. The van der Waals surface area contributed by atoms with Crippen LogP contribution in [0.25, 0.3) is 0 Å². The summed E-state index contributed by atoms with van der Waals surface area (Å²) in [6.45, 7) is 16.9. The molecule has 1 aromatic rings. The Labute approximate surface area is 235 Å². The number of rotatable bonds is 10. The Morgan fingerprint density at radius 1 is 0.775 bits per heavy atom. The van der Waals surface area contributed by atoms with E-state index in [4.69, 9.17) is 38.9 Å². The molecule has 0 aliphatic rings. The van der Waals surface area contributed by atoms with Crippen molar-refractivity contribution in [3.8, 4) is 11.5 Å². The van der Waals surface area contributed by atoms with Crippen LogP contribution in [0, 0.1) is 5.92 Å². The number of ether oxygens (including phenoxy) is 7. The molecule has 0 radical (unpaired) electrons. The predicted molar refractivity (Wildman–Crippen MR) is 144 cm³/mol. The molecule has 12 heteroatoms. The van der Waals surface area contributed by atoms with Crippen molar-refractivity contribution in [1.82, 2.24) is 0 Å². The van der Waals surface area contributed by atoms with Crippen LogP contribution in [-0.4, -0.2) is 60.5 Å². The van der Waals surface area contributed by atoms with Gasteiger partial charge in [-0.25, -0.2) is 14.4 Å². The molecule has 0 aliphatic carbocycles. The first kappa shape index (κ1) is 34.5. The molecule has 1 rings (SSSR count). The molecular weight excluding hydrogens is 526 g/mol. The first-order valence-corrected chi connectivity index (χ1v) is 13.0. The van der Waals surface area contributed by atoms with Crippen molar-refractivity contribution in [3.63, 3.8) is 0 Å². The van der Waals surface area contributed by atoms with Gasteiger partial charge in [-0.3, -0.25) is 4.79 Å². The monoisotopic (exact) mass is 569 g/mol. The highest BCUT2D eigenvalue weighted by Crippen LogP contribution is 2.31. The predicted octanol–water partition coefficient (Wildman–Crippen LogP) is 5.31. The fourth-order valence-corrected chi connectivity index (χ4v) is 2.72. The average molecular weight is 570 g/mol. The van der Waals surface area contributed by atoms with Crippen LogP contribution in [0.2, 0.25) is 0 Å². The lowest BCUT2D eigenvalue weighted by atomic mass is 10.1. The third-order valence-corrected chi connectivity index (χ3v) is 4.91. The number of hydrogen-bond donors (Lipinski definition) is 1. The highest BCUT2D eigenvalue weighted by Gasteiger charge is 2.25. The van der Waals surface area contributed by atoms with E-state index in [1.54, 1.807) is 55.4 Å². The molecule has 0 saturated heterocycles. The van der Waals surface area contributed by atoms with Crippen molar-refractivity contribution in [1.29, 1.82) is 0 Å². The van der Waals surface area contributed by atoms with E-state index in [2.05, 4.69) is 0 Å². The molecule has 12 nitrogen and oxygen atoms in total. The Balaban J connectivity index is 2.88. The normalized spacial score (nSPS) is 13.9. The van der Waals surface area contributed by atoms with Crippen molar-refractivity contribution >= 4 is 24.4 Å². The van der Waals surface area contributed by atoms with Gasteiger partial charge in [0, 0.05) is 0 Å². The van der Waals surface area contributed by atoms with E-state index in [1.165, 1.54) is 18.2 Å². The molecule has 0 fully saturated rings. The van der Waals surface area contributed by atoms with Gasteiger partial charge in [-0.05, 0) is 85.4 Å². The molecule has 226 valence electrons. The summed E-state index contributed by atoms with van der Waals surface area (Å²) in [5.41, 5.74) is 4.83. The van der Waals surface area contributed by atoms with Gasteiger partial charge in [0.2, 0.25) is 0 Å². The minimum absolute atomic E-state index is 0.0145. The Morgan fingerprint density at radius 2 is 1.30 bits per heavy atom. The summed E-state index contributed by atoms with van der Waals surface area (Å²) in [4.78, 5) is 48.8. The standard InChI is InChI=1S/C28H43NO11/c1-16(2)18(4)36-24(31)35-17(3)15-34-23(30)20(29)13-19-11-12-21(37-25(32)39-27(5,6)7)22(14-19)38-26(33)40-28(8,9)10/h11-12,14,16-18,20H,13,15,29H2,1-10H3/t17-,18?,20-/m0/s1. The fourth-order valence-electron chi connectivity index (χ4n) is 2.72. The van der Waals surface area contributed by atoms with Crippen LogP contribution >= 0.6 is 0 Å². The van der Waals surface area contributed by atoms with Crippen molar-refractivity contribution < 1.29 is 52.3 Å². The molecule has 0 bridgehead atoms. The summed E-state index contributed by atoms with van der Waals surface area (Å²) in [6, 6.07) is 3.18. The quantitative estimate of drug-likeness (QED) is 0.220. The highest BCUT2D eigenvalue weighted by molar-refractivity contribution is 5.76. The van der Waals surface area contributed by atoms with Gasteiger partial charge in [0.05, 0.1) is 0 Å². The number of hydrogen-bond acceptors (Lipinski definition) is 12. The van der Waals surface area contributed by atoms with E-state index in [9.17, 15) is 19.2 Å². The van der Waals surface area contributed by atoms with E-state index < -0.39 is 47.8 Å². The third kappa shape index (κ3) is 14.0. The van der Waals surface area contributed by atoms with E-state index in [0.29, 0.717) is 5.56 Å². The molecule has 3 atom stereocenters. The van der Waals surface area contributed by atoms with Crippen LogP contribution in [0.3, 0.4) is 0 Å². The minimum atomic E-state index is -1.10. The lowest BCUT2D eigenvalue weighted by Gasteiger charge is -2.21. The van der Waals surface area contributed by atoms with Crippen molar-refractivity contribution in [3.05, 3.63) is 23.8 Å². The zero-order chi connectivity index (χ0) is 30.8. The number of nitrogens with two attached hydrogens (primary N) is 1. The van der Waals surface area contributed by atoms with Crippen molar-refractivity contribution in [2.45, 2.75) is 105 Å². The van der Waals surface area contributed by atoms with Crippen LogP contribution in [0.1, 0.15) is 74.8 Å². The maximum Gasteiger partial charge on any atom is 0.514 e. The van der Waals surface area contributed by atoms with E-state index in [-0.39, 0.29) is 36.5 Å². The summed E-state index contributed by atoms with van der Waals surface area (Å²) in [7, 11) is 0. The van der Waals surface area contributed by atoms with Gasteiger partial charge in [0.15, 0.2) is 11.5 Å². The Hall–Kier alpha value is -3.54. The average Bonchev–Trinajstić information content (AvgIpc) is 2.76. The van der Waals surface area contributed by atoms with Gasteiger partial charge in [0.25, 0.3) is 0 Å². The molecule has 1 aromatic carbocycles. The number of benzene rings is 1. The van der Waals surface area contributed by atoms with E-state index >= 15 is 0 Å². The summed E-state index contributed by atoms with van der Waals surface area (Å²) >= 11 is 0. The summed E-state index contributed by atoms with van der Waals surface area (Å²) < 4.78 is 36.2. The van der Waals surface area contributed by atoms with Gasteiger partial charge in [-0.15, -0.1) is 0 Å². The molecule has 1 unspecified atom stereocenters. The lowest BCUT2D eigenvalue weighted by Crippen LogP contribution is -2.36. The first-order chi connectivity index (χ1) is 18.3. The summed E-state index contributed by atoms with van der Waals surface area (Å²) in [5.74, 6) is -0.881. The second kappa shape index (κ2) is 14.7. The van der Waals surface area contributed by atoms with Gasteiger partial charge in [-0.2, -0.15) is 0 Å². The zero-order valence-corrected chi connectivity index (χ0v) is 25.0. The fraction of sp³-hybridized carbons (Fsp3) is 0.643. The molecule has 0 aliphatic heterocycles. The second-order valence-electron chi connectivity index (χ2n) is 11.6. The van der Waals surface area contributed by atoms with Crippen LogP contribution in [0.15, 0.2) is 18.2 Å². The molecular formula is C28H43NO11. The second-order valence-corrected chi connectivity index (χ2v) is 11.6. The maximum atomic E-state index is 12.5. The van der Waals surface area contributed by atoms with Gasteiger partial charge < -0.3 is 38.9 Å². The molecule has 0 spiro atoms. The largest absolute Gasteiger partial charge is 0.514 e. The zero-order valence-electron chi connectivity index (χ0n) is 25.0. The lowest BCUT2D eigenvalue weighted by molar-refractivity contribution is -0.148. The molecule has 2 N–H and O–H groups in total. The van der Waals surface area contributed by atoms with Gasteiger partial charge >= 0.3 is 24.4 Å². The molecule has 0 heterocycles. The molecule has 40 heavy (non-hydrogen) atoms. The van der Waals surface area contributed by atoms with Crippen LogP contribution in [-0.2, 0) is 34.9 Å². The number of carbonyl (C=O) groups is 4. The summed E-state index contributed by atoms with van der Waals surface area (Å²) in [5, 5.41) is 0. The number of carbonyl (C=O) groups excluding carboxylic acids is 4. The van der Waals surface area contributed by atoms with Crippen LogP contribution in [0.4, 0.5) is 14.4 Å². The van der Waals surface area contributed by atoms with Crippen molar-refractivity contribution in [2.75, 3.05) is 6.61 Å². The van der Waals surface area contributed by atoms with E-state index in [1.807, 2.05) is 13.8 Å².